The van der Waals surface area contributed by atoms with Gasteiger partial charge in [0.2, 0.25) is 0 Å². The van der Waals surface area contributed by atoms with Crippen molar-refractivity contribution in [1.29, 1.82) is 0 Å². The highest BCUT2D eigenvalue weighted by Crippen LogP contribution is 2.55. The molecule has 4 heterocycles. The number of pyridine rings is 1. The van der Waals surface area contributed by atoms with Gasteiger partial charge in [-0.05, 0) is 92.0 Å². The third kappa shape index (κ3) is 5.64. The first-order valence-corrected chi connectivity index (χ1v) is 16.2. The predicted molar refractivity (Wildman–Crippen MR) is 162 cm³/mol. The van der Waals surface area contributed by atoms with E-state index in [2.05, 4.69) is 23.2 Å². The molecule has 222 valence electrons. The first-order chi connectivity index (χ1) is 20.3. The second-order valence-electron chi connectivity index (χ2n) is 12.8. The molecule has 2 aromatic heterocycles. The van der Waals surface area contributed by atoms with E-state index in [9.17, 15) is 14.7 Å². The van der Waals surface area contributed by atoms with E-state index in [1.54, 1.807) is 4.90 Å². The van der Waals surface area contributed by atoms with Gasteiger partial charge in [-0.25, -0.2) is 14.8 Å². The Morgan fingerprint density at radius 2 is 1.95 bits per heavy atom. The maximum Gasteiger partial charge on any atom is 0.414 e. The summed E-state index contributed by atoms with van der Waals surface area (Å²) in [5, 5.41) is 13.6. The number of anilines is 1. The molecule has 2 aliphatic heterocycles. The Morgan fingerprint density at radius 3 is 2.67 bits per heavy atom. The molecule has 0 radical (unpaired) electrons. The highest BCUT2D eigenvalue weighted by atomic mass is 32.1. The molecule has 10 heteroatoms. The van der Waals surface area contributed by atoms with E-state index in [0.29, 0.717) is 23.6 Å². The fourth-order valence-corrected chi connectivity index (χ4v) is 7.66. The number of ether oxygens (including phenoxy) is 1. The molecule has 2 aliphatic carbocycles. The summed E-state index contributed by atoms with van der Waals surface area (Å²) in [7, 11) is 0. The molecule has 0 bridgehead atoms. The van der Waals surface area contributed by atoms with Gasteiger partial charge in [0, 0.05) is 31.0 Å². The van der Waals surface area contributed by atoms with Crippen LogP contribution in [0.4, 0.5) is 10.5 Å². The van der Waals surface area contributed by atoms with Gasteiger partial charge >= 0.3 is 6.09 Å². The summed E-state index contributed by atoms with van der Waals surface area (Å²) in [5.74, 6) is 0.530. The molecule has 2 amide bonds. The van der Waals surface area contributed by atoms with Crippen LogP contribution in [0.2, 0.25) is 0 Å². The van der Waals surface area contributed by atoms with Gasteiger partial charge in [0.25, 0.3) is 5.91 Å². The van der Waals surface area contributed by atoms with E-state index in [-0.39, 0.29) is 24.1 Å². The molecule has 1 saturated carbocycles. The zero-order chi connectivity index (χ0) is 28.8. The lowest BCUT2D eigenvalue weighted by molar-refractivity contribution is 0.0795. The zero-order valence-electron chi connectivity index (χ0n) is 24.2. The van der Waals surface area contributed by atoms with Gasteiger partial charge in [-0.15, -0.1) is 0 Å². The minimum absolute atomic E-state index is 0.189. The normalized spacial score (nSPS) is 23.0. The molecular formula is C32H39N5O4S. The minimum Gasteiger partial charge on any atom is -0.447 e. The molecule has 3 fully saturated rings. The molecule has 1 aromatic carbocycles. The van der Waals surface area contributed by atoms with Crippen LogP contribution in [-0.2, 0) is 17.6 Å². The number of benzene rings is 1. The number of likely N-dealkylation sites (tertiary alicyclic amines) is 1. The first-order valence-electron chi connectivity index (χ1n) is 15.4. The Morgan fingerprint density at radius 1 is 1.17 bits per heavy atom. The lowest BCUT2D eigenvalue weighted by atomic mass is 9.77. The van der Waals surface area contributed by atoms with Crippen LogP contribution in [0.3, 0.4) is 0 Å². The Hall–Kier alpha value is -3.08. The van der Waals surface area contributed by atoms with Crippen LogP contribution in [-0.4, -0.2) is 70.9 Å². The summed E-state index contributed by atoms with van der Waals surface area (Å²) in [6.07, 6.45) is 7.66. The summed E-state index contributed by atoms with van der Waals surface area (Å²) < 4.78 is 5.09. The SMILES string of the molecule is CC1([C@H]2CCc3nc4sc(C(=O)N[C@H](CCN5CCC(O)CC5)c5ccc(N6CCOC6=O)cc5)nc4cc3C2)CC1. The number of aliphatic hydroxyl groups excluding tert-OH is 1. The van der Waals surface area contributed by atoms with Crippen molar-refractivity contribution in [1.82, 2.24) is 20.2 Å². The molecule has 7 rings (SSSR count). The van der Waals surface area contributed by atoms with E-state index in [0.717, 1.165) is 79.3 Å². The monoisotopic (exact) mass is 589 g/mol. The number of cyclic esters (lactones) is 1. The van der Waals surface area contributed by atoms with E-state index in [4.69, 9.17) is 14.7 Å². The van der Waals surface area contributed by atoms with Crippen LogP contribution < -0.4 is 10.2 Å². The van der Waals surface area contributed by atoms with E-state index < -0.39 is 0 Å². The standard InChI is InChI=1S/C32H39N5O4S/c1-32(11-12-32)22-4-7-25-21(18-22)19-27-29(34-25)42-30(35-27)28(39)33-26(10-15-36-13-8-24(38)9-14-36)20-2-5-23(6-3-20)37-16-17-41-31(37)40/h2-3,5-6,19,22,24,26,38H,4,7-18H2,1H3,(H,33,39)/t22-,26+/m0/s1. The number of fused-ring (bicyclic) bond motifs is 2. The smallest absolute Gasteiger partial charge is 0.414 e. The van der Waals surface area contributed by atoms with Crippen molar-refractivity contribution < 1.29 is 19.4 Å². The van der Waals surface area contributed by atoms with Crippen molar-refractivity contribution in [3.8, 4) is 0 Å². The van der Waals surface area contributed by atoms with E-state index in [1.165, 1.54) is 41.9 Å². The Bertz CT molecular complexity index is 1480. The maximum absolute atomic E-state index is 13.6. The molecule has 0 unspecified atom stereocenters. The number of amides is 2. The second kappa shape index (κ2) is 11.2. The number of nitrogens with zero attached hydrogens (tertiary/aromatic N) is 4. The van der Waals surface area contributed by atoms with Crippen molar-refractivity contribution in [2.45, 2.75) is 70.4 Å². The van der Waals surface area contributed by atoms with Crippen LogP contribution in [0, 0.1) is 11.3 Å². The number of thiazole rings is 1. The number of carbonyl (C=O) groups is 2. The van der Waals surface area contributed by atoms with E-state index >= 15 is 0 Å². The molecule has 42 heavy (non-hydrogen) atoms. The minimum atomic E-state index is -0.330. The maximum atomic E-state index is 13.6. The summed E-state index contributed by atoms with van der Waals surface area (Å²) in [4.78, 5) is 40.2. The molecule has 3 aromatic rings. The van der Waals surface area contributed by atoms with Gasteiger partial charge in [0.05, 0.1) is 18.7 Å². The van der Waals surface area contributed by atoms with E-state index in [1.807, 2.05) is 24.3 Å². The van der Waals surface area contributed by atoms with Crippen LogP contribution in [0.15, 0.2) is 30.3 Å². The molecule has 2 atom stereocenters. The topological polar surface area (TPSA) is 108 Å². The third-order valence-electron chi connectivity index (χ3n) is 9.93. The number of hydrogen-bond donors (Lipinski definition) is 2. The fourth-order valence-electron chi connectivity index (χ4n) is 6.82. The Balaban J connectivity index is 1.09. The summed E-state index contributed by atoms with van der Waals surface area (Å²) in [6.45, 7) is 5.86. The molecular weight excluding hydrogens is 550 g/mol. The number of aliphatic hydroxyl groups is 1. The summed E-state index contributed by atoms with van der Waals surface area (Å²) >= 11 is 1.37. The van der Waals surface area contributed by atoms with Gasteiger partial charge in [-0.1, -0.05) is 30.4 Å². The summed E-state index contributed by atoms with van der Waals surface area (Å²) in [5.41, 5.74) is 5.55. The first kappa shape index (κ1) is 27.7. The van der Waals surface area contributed by atoms with Gasteiger partial charge in [-0.3, -0.25) is 9.69 Å². The van der Waals surface area contributed by atoms with Crippen LogP contribution in [0.25, 0.3) is 10.3 Å². The average Bonchev–Trinajstić information content (AvgIpc) is 3.39. The van der Waals surface area contributed by atoms with Crippen molar-refractivity contribution in [2.24, 2.45) is 11.3 Å². The molecule has 2 saturated heterocycles. The Labute approximate surface area is 250 Å². The van der Waals surface area contributed by atoms with Crippen molar-refractivity contribution in [2.75, 3.05) is 37.7 Å². The number of carbonyl (C=O) groups excluding carboxylic acids is 2. The predicted octanol–water partition coefficient (Wildman–Crippen LogP) is 4.87. The van der Waals surface area contributed by atoms with Gasteiger partial charge in [0.1, 0.15) is 17.0 Å². The molecule has 4 aliphatic rings. The van der Waals surface area contributed by atoms with Crippen LogP contribution >= 0.6 is 11.3 Å². The number of aryl methyl sites for hydroxylation is 1. The number of nitrogens with one attached hydrogen (secondary N) is 1. The largest absolute Gasteiger partial charge is 0.447 e. The quantitative estimate of drug-likeness (QED) is 0.386. The highest BCUT2D eigenvalue weighted by molar-refractivity contribution is 7.19. The van der Waals surface area contributed by atoms with Crippen LogP contribution in [0.1, 0.15) is 78.1 Å². The zero-order valence-corrected chi connectivity index (χ0v) is 25.0. The fraction of sp³-hybridized carbons (Fsp3) is 0.562. The summed E-state index contributed by atoms with van der Waals surface area (Å²) in [6, 6.07) is 9.75. The number of hydrogen-bond acceptors (Lipinski definition) is 8. The molecule has 2 N–H and O–H groups in total. The lowest BCUT2D eigenvalue weighted by Crippen LogP contribution is -2.38. The van der Waals surface area contributed by atoms with Gasteiger partial charge < -0.3 is 20.1 Å². The lowest BCUT2D eigenvalue weighted by Gasteiger charge is -2.31. The Kier molecular flexibility index (Phi) is 7.40. The van der Waals surface area contributed by atoms with Crippen LogP contribution in [0.5, 0.6) is 0 Å². The number of rotatable bonds is 8. The molecule has 0 spiro atoms. The highest BCUT2D eigenvalue weighted by Gasteiger charge is 2.45. The second-order valence-corrected chi connectivity index (χ2v) is 13.8. The number of aromatic nitrogens is 2. The van der Waals surface area contributed by atoms with Gasteiger partial charge in [-0.2, -0.15) is 0 Å². The van der Waals surface area contributed by atoms with Crippen molar-refractivity contribution in [3.05, 3.63) is 52.2 Å². The third-order valence-corrected chi connectivity index (χ3v) is 10.9. The molecule has 9 nitrogen and oxygen atoms in total. The van der Waals surface area contributed by atoms with Gasteiger partial charge in [0.15, 0.2) is 5.01 Å². The number of piperidine rings is 1. The van der Waals surface area contributed by atoms with Crippen molar-refractivity contribution in [3.63, 3.8) is 0 Å². The average molecular weight is 590 g/mol. The van der Waals surface area contributed by atoms with Crippen molar-refractivity contribution >= 4 is 39.4 Å².